The molecule has 2 aromatic rings. The Morgan fingerprint density at radius 1 is 1.13 bits per heavy atom. The molecule has 0 unspecified atom stereocenters. The fourth-order valence-electron chi connectivity index (χ4n) is 3.97. The number of likely N-dealkylation sites (N-methyl/N-ethyl adjacent to an activating group) is 1. The molecule has 212 valence electrons. The third-order valence-corrected chi connectivity index (χ3v) is 6.18. The van der Waals surface area contributed by atoms with E-state index in [9.17, 15) is 27.6 Å². The van der Waals surface area contributed by atoms with Crippen molar-refractivity contribution in [2.75, 3.05) is 35.4 Å². The molecule has 10 nitrogen and oxygen atoms in total. The number of aryl methyl sites for hydroxylation is 1. The summed E-state index contributed by atoms with van der Waals surface area (Å²) in [6, 6.07) is 4.91. The topological polar surface area (TPSA) is 105 Å². The molecule has 3 rings (SSSR count). The number of carbonyl (C=O) groups excluding carboxylic acids is 3. The minimum atomic E-state index is -4.68. The van der Waals surface area contributed by atoms with Gasteiger partial charge in [-0.3, -0.25) is 14.6 Å². The largest absolute Gasteiger partial charge is 0.446 e. The van der Waals surface area contributed by atoms with E-state index in [2.05, 4.69) is 9.97 Å². The highest BCUT2D eigenvalue weighted by Gasteiger charge is 2.43. The Balaban J connectivity index is 1.82. The molecular weight excluding hydrogens is 519 g/mol. The Kier molecular flexibility index (Phi) is 8.71. The van der Waals surface area contributed by atoms with Gasteiger partial charge < -0.3 is 9.47 Å². The number of rotatable bonds is 8. The third-order valence-electron chi connectivity index (χ3n) is 6.18. The molecule has 0 aromatic carbocycles. The predicted octanol–water partition coefficient (Wildman–Crippen LogP) is 5.33. The number of amides is 3. The predicted molar refractivity (Wildman–Crippen MR) is 138 cm³/mol. The second-order valence-electron chi connectivity index (χ2n) is 9.86. The van der Waals surface area contributed by atoms with Gasteiger partial charge in [-0.15, -0.1) is 0 Å². The second-order valence-corrected chi connectivity index (χ2v) is 9.86. The fourth-order valence-corrected chi connectivity index (χ4v) is 3.97. The lowest BCUT2D eigenvalue weighted by Gasteiger charge is -2.28. The first-order valence-electron chi connectivity index (χ1n) is 12.4. The van der Waals surface area contributed by atoms with Crippen LogP contribution in [0, 0.1) is 6.92 Å². The zero-order chi connectivity index (χ0) is 29.1. The number of hydrogen-bond acceptors (Lipinski definition) is 7. The van der Waals surface area contributed by atoms with Gasteiger partial charge in [0.2, 0.25) is 0 Å². The number of carbonyl (C=O) groups is 3. The summed E-state index contributed by atoms with van der Waals surface area (Å²) in [5, 5.41) is 0. The van der Waals surface area contributed by atoms with Gasteiger partial charge in [0.05, 0.1) is 5.56 Å². The van der Waals surface area contributed by atoms with Crippen molar-refractivity contribution in [2.45, 2.75) is 64.8 Å². The molecular formula is C26H32F3N5O5. The van der Waals surface area contributed by atoms with E-state index in [-0.39, 0.29) is 23.1 Å². The molecule has 1 aliphatic rings. The summed E-state index contributed by atoms with van der Waals surface area (Å²) in [6.45, 7) is 6.65. The standard InChI is InChI=1S/C26H32F3N5O5/c1-7-8-12-25(3,4)39-23(36)33(6)20-11-9-10-19(31-20)32(5)22(35)18-15-38-24(37)34(18)21-14-17(26(27,28)29)13-16(2)30-21/h9-11,13-14,18H,7-8,12,15H2,1-6H3/t18-/m0/s1. The van der Waals surface area contributed by atoms with Crippen LogP contribution in [0.2, 0.25) is 0 Å². The number of nitrogens with zero attached hydrogens (tertiary/aromatic N) is 5. The van der Waals surface area contributed by atoms with Gasteiger partial charge in [0, 0.05) is 19.8 Å². The van der Waals surface area contributed by atoms with Gasteiger partial charge >= 0.3 is 18.4 Å². The molecule has 0 saturated carbocycles. The number of cyclic esters (lactones) is 1. The Morgan fingerprint density at radius 3 is 2.38 bits per heavy atom. The van der Waals surface area contributed by atoms with Crippen molar-refractivity contribution >= 4 is 35.5 Å². The minimum absolute atomic E-state index is 0.0150. The lowest BCUT2D eigenvalue weighted by Crippen LogP contribution is -2.47. The van der Waals surface area contributed by atoms with E-state index in [1.54, 1.807) is 12.1 Å². The van der Waals surface area contributed by atoms with Crippen LogP contribution in [0.5, 0.6) is 0 Å². The highest BCUT2D eigenvalue weighted by Crippen LogP contribution is 2.33. The van der Waals surface area contributed by atoms with E-state index in [1.807, 2.05) is 20.8 Å². The smallest absolute Gasteiger partial charge is 0.416 e. The van der Waals surface area contributed by atoms with Crippen LogP contribution in [-0.4, -0.2) is 60.4 Å². The van der Waals surface area contributed by atoms with Crippen LogP contribution in [0.1, 0.15) is 51.3 Å². The highest BCUT2D eigenvalue weighted by atomic mass is 19.4. The molecule has 0 radical (unpaired) electrons. The van der Waals surface area contributed by atoms with E-state index in [1.165, 1.54) is 32.0 Å². The molecule has 1 fully saturated rings. The maximum Gasteiger partial charge on any atom is 0.416 e. The number of aromatic nitrogens is 2. The molecule has 0 aliphatic carbocycles. The van der Waals surface area contributed by atoms with Gasteiger partial charge in [-0.25, -0.2) is 24.5 Å². The molecule has 2 aromatic heterocycles. The number of halogens is 3. The van der Waals surface area contributed by atoms with Crippen LogP contribution in [0.4, 0.5) is 40.2 Å². The molecule has 0 N–H and O–H groups in total. The first-order chi connectivity index (χ1) is 18.1. The summed E-state index contributed by atoms with van der Waals surface area (Å²) in [5.41, 5.74) is -1.67. The van der Waals surface area contributed by atoms with Gasteiger partial charge in [0.15, 0.2) is 6.04 Å². The van der Waals surface area contributed by atoms with Crippen LogP contribution in [0.3, 0.4) is 0 Å². The Hall–Kier alpha value is -3.90. The fraction of sp³-hybridized carbons (Fsp3) is 0.500. The average Bonchev–Trinajstić information content (AvgIpc) is 3.26. The first kappa shape index (κ1) is 29.7. The van der Waals surface area contributed by atoms with E-state index >= 15 is 0 Å². The van der Waals surface area contributed by atoms with Crippen molar-refractivity contribution in [2.24, 2.45) is 0 Å². The minimum Gasteiger partial charge on any atom is -0.446 e. The zero-order valence-electron chi connectivity index (χ0n) is 22.7. The van der Waals surface area contributed by atoms with Gasteiger partial charge in [-0.1, -0.05) is 19.4 Å². The van der Waals surface area contributed by atoms with Gasteiger partial charge in [-0.05, 0) is 57.9 Å². The molecule has 1 atom stereocenters. The SMILES string of the molecule is CCCCC(C)(C)OC(=O)N(C)c1cccc(N(C)C(=O)[C@@H]2COC(=O)N2c2cc(C(F)(F)F)cc(C)n2)n1. The number of ether oxygens (including phenoxy) is 2. The summed E-state index contributed by atoms with van der Waals surface area (Å²) in [4.78, 5) is 50.1. The van der Waals surface area contributed by atoms with Gasteiger partial charge in [0.25, 0.3) is 5.91 Å². The highest BCUT2D eigenvalue weighted by molar-refractivity contribution is 6.05. The monoisotopic (exact) mass is 551 g/mol. The Morgan fingerprint density at radius 2 is 1.77 bits per heavy atom. The molecule has 13 heteroatoms. The Labute approximate surface area is 224 Å². The number of pyridine rings is 2. The molecule has 0 bridgehead atoms. The van der Waals surface area contributed by atoms with Crippen molar-refractivity contribution in [1.82, 2.24) is 9.97 Å². The summed E-state index contributed by atoms with van der Waals surface area (Å²) in [6.07, 6.45) is -3.76. The summed E-state index contributed by atoms with van der Waals surface area (Å²) in [5.74, 6) is -0.691. The van der Waals surface area contributed by atoms with Crippen molar-refractivity contribution in [3.8, 4) is 0 Å². The van der Waals surface area contributed by atoms with Gasteiger partial charge in [0.1, 0.15) is 29.7 Å². The van der Waals surface area contributed by atoms with E-state index in [0.717, 1.165) is 28.7 Å². The number of unbranched alkanes of at least 4 members (excludes halogenated alkanes) is 1. The lowest BCUT2D eigenvalue weighted by atomic mass is 10.0. The molecule has 0 spiro atoms. The number of anilines is 3. The molecule has 39 heavy (non-hydrogen) atoms. The maximum absolute atomic E-state index is 13.4. The van der Waals surface area contributed by atoms with Gasteiger partial charge in [-0.2, -0.15) is 13.2 Å². The first-order valence-corrected chi connectivity index (χ1v) is 12.4. The van der Waals surface area contributed by atoms with Crippen molar-refractivity contribution in [1.29, 1.82) is 0 Å². The maximum atomic E-state index is 13.4. The van der Waals surface area contributed by atoms with Crippen LogP contribution < -0.4 is 14.7 Å². The average molecular weight is 552 g/mol. The molecule has 1 aliphatic heterocycles. The van der Waals surface area contributed by atoms with Crippen molar-refractivity contribution in [3.05, 3.63) is 41.6 Å². The normalized spacial score (nSPS) is 15.7. The van der Waals surface area contributed by atoms with Crippen LogP contribution in [0.25, 0.3) is 0 Å². The number of hydrogen-bond donors (Lipinski definition) is 0. The quantitative estimate of drug-likeness (QED) is 0.437. The summed E-state index contributed by atoms with van der Waals surface area (Å²) >= 11 is 0. The lowest BCUT2D eigenvalue weighted by molar-refractivity contribution is -0.137. The van der Waals surface area contributed by atoms with E-state index in [4.69, 9.17) is 9.47 Å². The second kappa shape index (κ2) is 11.5. The van der Waals surface area contributed by atoms with E-state index < -0.39 is 48.1 Å². The molecule has 1 saturated heterocycles. The van der Waals surface area contributed by atoms with E-state index in [0.29, 0.717) is 12.5 Å². The van der Waals surface area contributed by atoms with Crippen LogP contribution in [-0.2, 0) is 20.4 Å². The van der Waals surface area contributed by atoms with Crippen molar-refractivity contribution < 1.29 is 37.0 Å². The third kappa shape index (κ3) is 6.95. The van der Waals surface area contributed by atoms with Crippen LogP contribution >= 0.6 is 0 Å². The van der Waals surface area contributed by atoms with Crippen molar-refractivity contribution in [3.63, 3.8) is 0 Å². The van der Waals surface area contributed by atoms with Crippen LogP contribution in [0.15, 0.2) is 30.3 Å². The molecule has 3 heterocycles. The summed E-state index contributed by atoms with van der Waals surface area (Å²) < 4.78 is 50.7. The number of alkyl halides is 3. The summed E-state index contributed by atoms with van der Waals surface area (Å²) in [7, 11) is 2.88. The molecule has 3 amide bonds. The zero-order valence-corrected chi connectivity index (χ0v) is 22.7. The Bertz CT molecular complexity index is 1240.